The van der Waals surface area contributed by atoms with Gasteiger partial charge in [0.25, 0.3) is 0 Å². The molecule has 0 atom stereocenters. The zero-order chi connectivity index (χ0) is 21.0. The van der Waals surface area contributed by atoms with E-state index in [2.05, 4.69) is 26.0 Å². The molecule has 3 N–H and O–H groups in total. The SMILES string of the molecule is Cc1cc2cc(-c3cnn4c(N)c(Br)c([C@H]5CC[C@H](C(=O)O)CC5)nc34)cnc2o1. The van der Waals surface area contributed by atoms with E-state index in [1.54, 1.807) is 16.9 Å². The van der Waals surface area contributed by atoms with Crippen molar-refractivity contribution < 1.29 is 14.3 Å². The number of furan rings is 1. The molecule has 1 aliphatic carbocycles. The number of halogens is 1. The van der Waals surface area contributed by atoms with Crippen LogP contribution in [0, 0.1) is 12.8 Å². The first kappa shape index (κ1) is 19.0. The summed E-state index contributed by atoms with van der Waals surface area (Å²) < 4.78 is 7.92. The fraction of sp³-hybridized carbons (Fsp3) is 0.333. The van der Waals surface area contributed by atoms with Crippen molar-refractivity contribution >= 4 is 44.5 Å². The number of rotatable bonds is 3. The Bertz CT molecular complexity index is 1290. The van der Waals surface area contributed by atoms with Crippen molar-refractivity contribution in [1.29, 1.82) is 0 Å². The summed E-state index contributed by atoms with van der Waals surface area (Å²) in [6.45, 7) is 1.89. The lowest BCUT2D eigenvalue weighted by molar-refractivity contribution is -0.142. The van der Waals surface area contributed by atoms with Crippen LogP contribution in [0.5, 0.6) is 0 Å². The quantitative estimate of drug-likeness (QED) is 0.451. The summed E-state index contributed by atoms with van der Waals surface area (Å²) in [6, 6.07) is 3.95. The van der Waals surface area contributed by atoms with E-state index in [4.69, 9.17) is 15.1 Å². The van der Waals surface area contributed by atoms with Gasteiger partial charge in [0.1, 0.15) is 11.6 Å². The fourth-order valence-electron chi connectivity index (χ4n) is 4.31. The van der Waals surface area contributed by atoms with E-state index in [9.17, 15) is 9.90 Å². The summed E-state index contributed by atoms with van der Waals surface area (Å²) in [5.74, 6) is 0.450. The van der Waals surface area contributed by atoms with Crippen molar-refractivity contribution in [3.05, 3.63) is 40.5 Å². The van der Waals surface area contributed by atoms with Crippen LogP contribution in [0.25, 0.3) is 27.9 Å². The Labute approximate surface area is 180 Å². The lowest BCUT2D eigenvalue weighted by atomic mass is 9.80. The largest absolute Gasteiger partial charge is 0.481 e. The number of aromatic nitrogens is 4. The summed E-state index contributed by atoms with van der Waals surface area (Å²) >= 11 is 3.59. The first-order valence-electron chi connectivity index (χ1n) is 9.84. The summed E-state index contributed by atoms with van der Waals surface area (Å²) in [6.07, 6.45) is 6.32. The number of carboxylic acid groups (broad SMARTS) is 1. The Balaban J connectivity index is 1.58. The minimum Gasteiger partial charge on any atom is -0.481 e. The first-order valence-corrected chi connectivity index (χ1v) is 10.6. The Morgan fingerprint density at radius 2 is 2.03 bits per heavy atom. The highest BCUT2D eigenvalue weighted by molar-refractivity contribution is 9.10. The molecule has 1 fully saturated rings. The molecule has 0 spiro atoms. The fourth-order valence-corrected chi connectivity index (χ4v) is 4.89. The van der Waals surface area contributed by atoms with E-state index in [1.807, 2.05) is 19.1 Å². The number of anilines is 1. The normalized spacial score (nSPS) is 19.5. The van der Waals surface area contributed by atoms with E-state index in [0.29, 0.717) is 30.0 Å². The summed E-state index contributed by atoms with van der Waals surface area (Å²) in [7, 11) is 0. The van der Waals surface area contributed by atoms with Crippen molar-refractivity contribution in [2.24, 2.45) is 5.92 Å². The predicted octanol–water partition coefficient (Wildman–Crippen LogP) is 4.55. The van der Waals surface area contributed by atoms with Gasteiger partial charge in [0, 0.05) is 28.6 Å². The first-order chi connectivity index (χ1) is 14.4. The van der Waals surface area contributed by atoms with Gasteiger partial charge in [-0.15, -0.1) is 0 Å². The number of aliphatic carboxylic acids is 1. The summed E-state index contributed by atoms with van der Waals surface area (Å²) in [5.41, 5.74) is 10.2. The summed E-state index contributed by atoms with van der Waals surface area (Å²) in [5, 5.41) is 14.6. The van der Waals surface area contributed by atoms with E-state index < -0.39 is 5.97 Å². The Morgan fingerprint density at radius 1 is 1.27 bits per heavy atom. The number of nitrogen functional groups attached to an aromatic ring is 1. The van der Waals surface area contributed by atoms with Gasteiger partial charge in [-0.3, -0.25) is 4.79 Å². The van der Waals surface area contributed by atoms with Gasteiger partial charge in [-0.25, -0.2) is 9.97 Å². The lowest BCUT2D eigenvalue weighted by Gasteiger charge is -2.26. The third kappa shape index (κ3) is 3.04. The number of fused-ring (bicyclic) bond motifs is 2. The highest BCUT2D eigenvalue weighted by Gasteiger charge is 2.30. The zero-order valence-corrected chi connectivity index (χ0v) is 17.9. The third-order valence-electron chi connectivity index (χ3n) is 5.92. The van der Waals surface area contributed by atoms with Gasteiger partial charge < -0.3 is 15.3 Å². The van der Waals surface area contributed by atoms with Gasteiger partial charge in [-0.05, 0) is 60.7 Å². The molecule has 9 heteroatoms. The highest BCUT2D eigenvalue weighted by Crippen LogP contribution is 2.40. The molecule has 4 heterocycles. The molecule has 0 aromatic carbocycles. The summed E-state index contributed by atoms with van der Waals surface area (Å²) in [4.78, 5) is 20.6. The maximum absolute atomic E-state index is 11.3. The minimum absolute atomic E-state index is 0.155. The van der Waals surface area contributed by atoms with E-state index in [-0.39, 0.29) is 11.8 Å². The molecular weight excluding hydrogens is 450 g/mol. The van der Waals surface area contributed by atoms with Gasteiger partial charge in [0.2, 0.25) is 5.71 Å². The minimum atomic E-state index is -0.717. The van der Waals surface area contributed by atoms with E-state index >= 15 is 0 Å². The van der Waals surface area contributed by atoms with Crippen LogP contribution in [0.3, 0.4) is 0 Å². The molecule has 154 valence electrons. The van der Waals surface area contributed by atoms with Gasteiger partial charge in [0.05, 0.1) is 22.3 Å². The van der Waals surface area contributed by atoms with Crippen LogP contribution in [0.15, 0.2) is 33.4 Å². The van der Waals surface area contributed by atoms with Crippen LogP contribution in [0.2, 0.25) is 0 Å². The van der Waals surface area contributed by atoms with Gasteiger partial charge >= 0.3 is 5.97 Å². The second-order valence-electron chi connectivity index (χ2n) is 7.85. The highest BCUT2D eigenvalue weighted by atomic mass is 79.9. The molecule has 0 radical (unpaired) electrons. The van der Waals surface area contributed by atoms with Crippen molar-refractivity contribution in [2.75, 3.05) is 5.73 Å². The Hall–Kier alpha value is -2.94. The molecule has 1 aliphatic rings. The van der Waals surface area contributed by atoms with E-state index in [1.165, 1.54) is 0 Å². The van der Waals surface area contributed by atoms with E-state index in [0.717, 1.165) is 45.3 Å². The molecule has 1 saturated carbocycles. The van der Waals surface area contributed by atoms with Crippen LogP contribution >= 0.6 is 15.9 Å². The second-order valence-corrected chi connectivity index (χ2v) is 8.65. The molecule has 30 heavy (non-hydrogen) atoms. The number of hydrogen-bond acceptors (Lipinski definition) is 6. The topological polar surface area (TPSA) is 120 Å². The number of nitrogens with zero attached hydrogens (tertiary/aromatic N) is 4. The monoisotopic (exact) mass is 469 g/mol. The van der Waals surface area contributed by atoms with Crippen molar-refractivity contribution in [3.8, 4) is 11.1 Å². The molecule has 4 aromatic rings. The molecule has 0 aliphatic heterocycles. The molecule has 0 amide bonds. The molecular formula is C21H20BrN5O3. The Kier molecular flexibility index (Phi) is 4.50. The van der Waals surface area contributed by atoms with Crippen LogP contribution in [0.4, 0.5) is 5.82 Å². The van der Waals surface area contributed by atoms with Crippen LogP contribution in [0.1, 0.15) is 43.1 Å². The van der Waals surface area contributed by atoms with Gasteiger partial charge in [0.15, 0.2) is 5.65 Å². The maximum atomic E-state index is 11.3. The second kappa shape index (κ2) is 7.09. The molecule has 8 nitrogen and oxygen atoms in total. The van der Waals surface area contributed by atoms with Gasteiger partial charge in [-0.2, -0.15) is 9.61 Å². The molecule has 0 bridgehead atoms. The van der Waals surface area contributed by atoms with Crippen molar-refractivity contribution in [3.63, 3.8) is 0 Å². The lowest BCUT2D eigenvalue weighted by Crippen LogP contribution is -2.21. The van der Waals surface area contributed by atoms with Gasteiger partial charge in [-0.1, -0.05) is 0 Å². The predicted molar refractivity (Wildman–Crippen MR) is 115 cm³/mol. The van der Waals surface area contributed by atoms with Crippen LogP contribution in [-0.4, -0.2) is 30.7 Å². The third-order valence-corrected chi connectivity index (χ3v) is 6.73. The molecule has 5 rings (SSSR count). The molecule has 4 aromatic heterocycles. The number of aryl methyl sites for hydroxylation is 1. The van der Waals surface area contributed by atoms with Crippen LogP contribution in [-0.2, 0) is 4.79 Å². The smallest absolute Gasteiger partial charge is 0.306 e. The number of nitrogens with two attached hydrogens (primary N) is 1. The number of pyridine rings is 1. The van der Waals surface area contributed by atoms with Crippen LogP contribution < -0.4 is 5.73 Å². The molecule has 0 saturated heterocycles. The average Bonchev–Trinajstić information content (AvgIpc) is 3.32. The number of carbonyl (C=O) groups is 1. The van der Waals surface area contributed by atoms with Crippen molar-refractivity contribution in [2.45, 2.75) is 38.5 Å². The van der Waals surface area contributed by atoms with Crippen molar-refractivity contribution in [1.82, 2.24) is 19.6 Å². The Morgan fingerprint density at radius 3 is 2.77 bits per heavy atom. The zero-order valence-electron chi connectivity index (χ0n) is 16.3. The number of carboxylic acids is 1. The number of hydrogen-bond donors (Lipinski definition) is 2. The average molecular weight is 470 g/mol. The maximum Gasteiger partial charge on any atom is 0.306 e. The standard InChI is InChI=1S/C21H20BrN5O3/c1-10-6-13-7-14(8-24-20(13)30-10)15-9-25-27-18(23)16(22)17(26-19(15)27)11-2-4-12(5-3-11)21(28)29/h6-9,11-12H,2-5,23H2,1H3,(H,28,29)/t11-,12-. The molecule has 0 unspecified atom stereocenters.